The van der Waals surface area contributed by atoms with Crippen LogP contribution in [0.4, 0.5) is 4.39 Å². The molecule has 25 heavy (non-hydrogen) atoms. The summed E-state index contributed by atoms with van der Waals surface area (Å²) in [6.07, 6.45) is 2.72. The van der Waals surface area contributed by atoms with E-state index in [2.05, 4.69) is 30.3 Å². The maximum atomic E-state index is 13.4. The summed E-state index contributed by atoms with van der Waals surface area (Å²) >= 11 is 0. The van der Waals surface area contributed by atoms with E-state index < -0.39 is 5.82 Å². The number of hydrogen-bond acceptors (Lipinski definition) is 3. The van der Waals surface area contributed by atoms with Gasteiger partial charge in [0.15, 0.2) is 5.84 Å². The SMILES string of the molecule is CN=C(N=C(N)c1c[nH]c2ncc(F)cc12)c1ccc(C(=O)NC)[nH]1. The number of pyridine rings is 1. The monoisotopic (exact) mass is 341 g/mol. The Morgan fingerprint density at radius 3 is 2.84 bits per heavy atom. The number of fused-ring (bicyclic) bond motifs is 1. The van der Waals surface area contributed by atoms with Gasteiger partial charge >= 0.3 is 0 Å². The van der Waals surface area contributed by atoms with Crippen LogP contribution in [-0.2, 0) is 0 Å². The van der Waals surface area contributed by atoms with E-state index in [1.54, 1.807) is 25.4 Å². The van der Waals surface area contributed by atoms with E-state index in [0.717, 1.165) is 6.20 Å². The number of nitrogens with two attached hydrogens (primary N) is 1. The van der Waals surface area contributed by atoms with Crippen LogP contribution in [0.3, 0.4) is 0 Å². The third-order valence-corrected chi connectivity index (χ3v) is 3.61. The number of nitrogens with zero attached hydrogens (tertiary/aromatic N) is 3. The highest BCUT2D eigenvalue weighted by Crippen LogP contribution is 2.17. The topological polar surface area (TPSA) is 124 Å². The van der Waals surface area contributed by atoms with Crippen molar-refractivity contribution in [3.8, 4) is 0 Å². The van der Waals surface area contributed by atoms with E-state index in [1.165, 1.54) is 13.1 Å². The molecule has 9 heteroatoms. The van der Waals surface area contributed by atoms with Crippen molar-refractivity contribution in [3.05, 3.63) is 53.4 Å². The van der Waals surface area contributed by atoms with Crippen LogP contribution in [0.25, 0.3) is 11.0 Å². The van der Waals surface area contributed by atoms with E-state index in [9.17, 15) is 9.18 Å². The van der Waals surface area contributed by atoms with Crippen LogP contribution in [0.1, 0.15) is 21.7 Å². The van der Waals surface area contributed by atoms with E-state index in [4.69, 9.17) is 5.73 Å². The van der Waals surface area contributed by atoms with Crippen molar-refractivity contribution in [1.29, 1.82) is 0 Å². The van der Waals surface area contributed by atoms with Crippen molar-refractivity contribution in [2.24, 2.45) is 15.7 Å². The number of rotatable bonds is 3. The Kier molecular flexibility index (Phi) is 4.29. The Morgan fingerprint density at radius 2 is 2.12 bits per heavy atom. The zero-order chi connectivity index (χ0) is 18.0. The fraction of sp³-hybridized carbons (Fsp3) is 0.125. The number of amidine groups is 2. The number of halogens is 1. The molecule has 5 N–H and O–H groups in total. The minimum absolute atomic E-state index is 0.148. The van der Waals surface area contributed by atoms with Crippen molar-refractivity contribution in [2.75, 3.05) is 14.1 Å². The molecule has 0 saturated carbocycles. The first-order chi connectivity index (χ1) is 12.0. The molecule has 128 valence electrons. The summed E-state index contributed by atoms with van der Waals surface area (Å²) in [4.78, 5) is 29.8. The molecule has 8 nitrogen and oxygen atoms in total. The summed E-state index contributed by atoms with van der Waals surface area (Å²) in [5.74, 6) is -0.260. The zero-order valence-corrected chi connectivity index (χ0v) is 13.6. The highest BCUT2D eigenvalue weighted by molar-refractivity contribution is 6.15. The van der Waals surface area contributed by atoms with Gasteiger partial charge in [-0.15, -0.1) is 0 Å². The number of amides is 1. The Morgan fingerprint density at radius 1 is 1.36 bits per heavy atom. The lowest BCUT2D eigenvalue weighted by Gasteiger charge is -2.02. The minimum Gasteiger partial charge on any atom is -0.383 e. The highest BCUT2D eigenvalue weighted by Gasteiger charge is 2.13. The summed E-state index contributed by atoms with van der Waals surface area (Å²) in [6, 6.07) is 4.63. The van der Waals surface area contributed by atoms with Gasteiger partial charge in [-0.25, -0.2) is 14.4 Å². The zero-order valence-electron chi connectivity index (χ0n) is 13.6. The fourth-order valence-electron chi connectivity index (χ4n) is 2.39. The van der Waals surface area contributed by atoms with Crippen LogP contribution >= 0.6 is 0 Å². The molecule has 0 bridgehead atoms. The Labute approximate surface area is 142 Å². The van der Waals surface area contributed by atoms with Crippen molar-refractivity contribution in [1.82, 2.24) is 20.3 Å². The molecular weight excluding hydrogens is 325 g/mol. The summed E-state index contributed by atoms with van der Waals surface area (Å²) < 4.78 is 13.4. The van der Waals surface area contributed by atoms with Gasteiger partial charge < -0.3 is 21.0 Å². The van der Waals surface area contributed by atoms with E-state index in [-0.39, 0.29) is 11.7 Å². The van der Waals surface area contributed by atoms with Crippen LogP contribution in [-0.4, -0.2) is 46.6 Å². The molecule has 0 radical (unpaired) electrons. The lowest BCUT2D eigenvalue weighted by Crippen LogP contribution is -2.19. The molecule has 3 aromatic heterocycles. The molecule has 0 aliphatic heterocycles. The summed E-state index contributed by atoms with van der Waals surface area (Å²) in [5, 5.41) is 3.05. The number of nitrogens with one attached hydrogen (secondary N) is 3. The first kappa shape index (κ1) is 16.4. The molecule has 3 rings (SSSR count). The number of aromatic nitrogens is 3. The lowest BCUT2D eigenvalue weighted by atomic mass is 10.2. The molecule has 0 unspecified atom stereocenters. The van der Waals surface area contributed by atoms with Gasteiger partial charge in [-0.3, -0.25) is 9.79 Å². The van der Waals surface area contributed by atoms with Gasteiger partial charge in [0.1, 0.15) is 23.0 Å². The largest absolute Gasteiger partial charge is 0.383 e. The van der Waals surface area contributed by atoms with Crippen LogP contribution < -0.4 is 11.1 Å². The second-order valence-corrected chi connectivity index (χ2v) is 5.16. The van der Waals surface area contributed by atoms with Crippen molar-refractivity contribution >= 4 is 28.6 Å². The Balaban J connectivity index is 1.97. The standard InChI is InChI=1S/C16H16FN7O/c1-19-15(11-3-4-12(23-11)16(25)20-2)24-13(18)10-7-22-14-9(10)5-8(17)6-21-14/h3-7,23H,1-2H3,(H,20,25)(H,21,22)(H2,18,19,24). The number of H-pyrrole nitrogens is 2. The van der Waals surface area contributed by atoms with Gasteiger partial charge in [0.2, 0.25) is 0 Å². The van der Waals surface area contributed by atoms with Gasteiger partial charge in [0.25, 0.3) is 5.91 Å². The Bertz CT molecular complexity index is 999. The molecule has 0 aliphatic rings. The van der Waals surface area contributed by atoms with E-state index in [1.807, 2.05) is 0 Å². The second kappa shape index (κ2) is 6.56. The first-order valence-corrected chi connectivity index (χ1v) is 7.39. The van der Waals surface area contributed by atoms with Crippen molar-refractivity contribution in [3.63, 3.8) is 0 Å². The molecular formula is C16H16FN7O. The predicted octanol–water partition coefficient (Wildman–Crippen LogP) is 1.17. The van der Waals surface area contributed by atoms with Crippen molar-refractivity contribution < 1.29 is 9.18 Å². The molecule has 0 aromatic carbocycles. The van der Waals surface area contributed by atoms with Crippen LogP contribution in [0.5, 0.6) is 0 Å². The Hall–Kier alpha value is -3.49. The highest BCUT2D eigenvalue weighted by atomic mass is 19.1. The molecule has 0 spiro atoms. The summed E-state index contributed by atoms with van der Waals surface area (Å²) in [7, 11) is 3.10. The quantitative estimate of drug-likeness (QED) is 0.422. The minimum atomic E-state index is -0.467. The predicted molar refractivity (Wildman–Crippen MR) is 93.4 cm³/mol. The van der Waals surface area contributed by atoms with Crippen molar-refractivity contribution in [2.45, 2.75) is 0 Å². The molecule has 0 atom stereocenters. The second-order valence-electron chi connectivity index (χ2n) is 5.16. The van der Waals surface area contributed by atoms with Gasteiger partial charge in [0.05, 0.1) is 11.9 Å². The number of carbonyl (C=O) groups excluding carboxylic acids is 1. The summed E-state index contributed by atoms with van der Waals surface area (Å²) in [6.45, 7) is 0. The number of aliphatic imine (C=N–C) groups is 2. The van der Waals surface area contributed by atoms with Crippen LogP contribution in [0.2, 0.25) is 0 Å². The number of aromatic amines is 2. The molecule has 3 heterocycles. The van der Waals surface area contributed by atoms with Gasteiger partial charge in [-0.1, -0.05) is 0 Å². The smallest absolute Gasteiger partial charge is 0.267 e. The molecule has 1 amide bonds. The number of carbonyl (C=O) groups is 1. The first-order valence-electron chi connectivity index (χ1n) is 7.39. The maximum Gasteiger partial charge on any atom is 0.267 e. The van der Waals surface area contributed by atoms with Gasteiger partial charge in [-0.05, 0) is 18.2 Å². The lowest BCUT2D eigenvalue weighted by molar-refractivity contribution is 0.0958. The molecule has 0 saturated heterocycles. The summed E-state index contributed by atoms with van der Waals surface area (Å²) in [5.41, 5.74) is 8.00. The third kappa shape index (κ3) is 3.11. The van der Waals surface area contributed by atoms with Crippen LogP contribution in [0, 0.1) is 5.82 Å². The maximum absolute atomic E-state index is 13.4. The van der Waals surface area contributed by atoms with E-state index >= 15 is 0 Å². The normalized spacial score (nSPS) is 12.6. The number of hydrogen-bond donors (Lipinski definition) is 4. The third-order valence-electron chi connectivity index (χ3n) is 3.61. The molecule has 3 aromatic rings. The average Bonchev–Trinajstić information content (AvgIpc) is 3.25. The van der Waals surface area contributed by atoms with Gasteiger partial charge in [-0.2, -0.15) is 0 Å². The molecule has 0 fully saturated rings. The fourth-order valence-corrected chi connectivity index (χ4v) is 2.39. The molecule has 0 aliphatic carbocycles. The van der Waals surface area contributed by atoms with E-state index in [0.29, 0.717) is 33.8 Å². The van der Waals surface area contributed by atoms with Crippen LogP contribution in [0.15, 0.2) is 40.6 Å². The average molecular weight is 341 g/mol. The van der Waals surface area contributed by atoms with Gasteiger partial charge in [0, 0.05) is 31.2 Å².